The summed E-state index contributed by atoms with van der Waals surface area (Å²) >= 11 is 6.29. The summed E-state index contributed by atoms with van der Waals surface area (Å²) in [6.07, 6.45) is 3.73. The van der Waals surface area contributed by atoms with Crippen LogP contribution in [0.25, 0.3) is 0 Å². The maximum Gasteiger partial charge on any atom is 0.340 e. The van der Waals surface area contributed by atoms with Crippen LogP contribution in [0.5, 0.6) is 0 Å². The molecule has 1 aromatic carbocycles. The number of fused-ring (bicyclic) bond motifs is 3. The normalized spacial score (nSPS) is 18.4. The van der Waals surface area contributed by atoms with Gasteiger partial charge in [0.1, 0.15) is 10.7 Å². The van der Waals surface area contributed by atoms with Gasteiger partial charge >= 0.3 is 5.97 Å². The lowest BCUT2D eigenvalue weighted by atomic mass is 10.1. The van der Waals surface area contributed by atoms with E-state index < -0.39 is 28.0 Å². The summed E-state index contributed by atoms with van der Waals surface area (Å²) in [6, 6.07) is 2.63. The number of nitrogens with zero attached hydrogens (tertiary/aromatic N) is 2. The minimum atomic E-state index is -3.97. The Morgan fingerprint density at radius 3 is 2.86 bits per heavy atom. The molecule has 0 spiro atoms. The fourth-order valence-corrected chi connectivity index (χ4v) is 4.75. The second kappa shape index (κ2) is 8.54. The van der Waals surface area contributed by atoms with Crippen LogP contribution >= 0.6 is 11.6 Å². The summed E-state index contributed by atoms with van der Waals surface area (Å²) in [6.45, 7) is 5.76. The molecule has 0 unspecified atom stereocenters. The van der Waals surface area contributed by atoms with Gasteiger partial charge in [-0.15, -0.1) is 11.0 Å². The third kappa shape index (κ3) is 4.45. The molecule has 1 aromatic rings. The van der Waals surface area contributed by atoms with Crippen molar-refractivity contribution in [2.24, 2.45) is 4.40 Å². The van der Waals surface area contributed by atoms with E-state index in [0.717, 1.165) is 19.3 Å². The highest BCUT2D eigenvalue weighted by Crippen LogP contribution is 2.38. The Morgan fingerprint density at radius 1 is 1.38 bits per heavy atom. The molecule has 156 valence electrons. The number of amides is 1. The van der Waals surface area contributed by atoms with Gasteiger partial charge in [0.15, 0.2) is 6.10 Å². The maximum absolute atomic E-state index is 12.7. The van der Waals surface area contributed by atoms with Gasteiger partial charge in [0, 0.05) is 19.5 Å². The van der Waals surface area contributed by atoms with Crippen molar-refractivity contribution in [3.8, 4) is 0 Å². The fraction of sp³-hybridized carbons (Fsp3) is 0.421. The lowest BCUT2D eigenvalue weighted by Gasteiger charge is -2.30. The largest absolute Gasteiger partial charge is 0.449 e. The number of ether oxygens (including phenoxy) is 1. The molecule has 2 aliphatic rings. The lowest BCUT2D eigenvalue weighted by Crippen LogP contribution is -2.36. The van der Waals surface area contributed by atoms with Crippen LogP contribution in [0.3, 0.4) is 0 Å². The standard InChI is InChI=1S/C19H22ClN3O5S/c1-3-8-21-18(24)12(2)28-19(25)13-10-16-15(11-14(13)20)23-9-6-4-5-7-17(23)22-29(16,26)27/h3,10-12H,1,4-9H2,2H3,(H,21,24)/t12-/m0/s1. The van der Waals surface area contributed by atoms with Crippen molar-refractivity contribution in [1.82, 2.24) is 5.32 Å². The number of carbonyl (C=O) groups is 2. The molecule has 29 heavy (non-hydrogen) atoms. The van der Waals surface area contributed by atoms with E-state index in [0.29, 0.717) is 24.5 Å². The number of rotatable bonds is 5. The molecule has 10 heteroatoms. The molecule has 1 N–H and O–H groups in total. The van der Waals surface area contributed by atoms with Gasteiger partial charge in [0.05, 0.1) is 16.3 Å². The number of nitrogens with one attached hydrogen (secondary N) is 1. The summed E-state index contributed by atoms with van der Waals surface area (Å²) in [4.78, 5) is 26.2. The number of amidine groups is 1. The molecule has 0 saturated carbocycles. The molecule has 1 saturated heterocycles. The SMILES string of the molecule is C=CCNC(=O)[C@H](C)OC(=O)c1cc2c(cc1Cl)N1CCCCCC1=NS2(=O)=O. The van der Waals surface area contributed by atoms with Crippen LogP contribution in [-0.4, -0.2) is 45.3 Å². The first kappa shape index (κ1) is 21.3. The number of anilines is 1. The van der Waals surface area contributed by atoms with Crippen molar-refractivity contribution >= 4 is 45.0 Å². The van der Waals surface area contributed by atoms with E-state index in [4.69, 9.17) is 16.3 Å². The van der Waals surface area contributed by atoms with Crippen LogP contribution < -0.4 is 10.2 Å². The number of carbonyl (C=O) groups excluding carboxylic acids is 2. The van der Waals surface area contributed by atoms with Crippen LogP contribution in [0.2, 0.25) is 5.02 Å². The Bertz CT molecular complexity index is 990. The Balaban J connectivity index is 1.92. The van der Waals surface area contributed by atoms with Crippen LogP contribution in [0, 0.1) is 0 Å². The topological polar surface area (TPSA) is 105 Å². The van der Waals surface area contributed by atoms with Gasteiger partial charge in [-0.25, -0.2) is 4.79 Å². The first-order chi connectivity index (χ1) is 13.7. The molecule has 0 radical (unpaired) electrons. The van der Waals surface area contributed by atoms with E-state index >= 15 is 0 Å². The molecule has 8 nitrogen and oxygen atoms in total. The fourth-order valence-electron chi connectivity index (χ4n) is 3.25. The maximum atomic E-state index is 12.7. The number of benzene rings is 1. The van der Waals surface area contributed by atoms with Crippen LogP contribution in [-0.2, 0) is 19.6 Å². The van der Waals surface area contributed by atoms with Gasteiger partial charge < -0.3 is 15.0 Å². The minimum Gasteiger partial charge on any atom is -0.449 e. The first-order valence-electron chi connectivity index (χ1n) is 9.29. The second-order valence-corrected chi connectivity index (χ2v) is 8.81. The second-order valence-electron chi connectivity index (χ2n) is 6.83. The molecule has 0 aromatic heterocycles. The number of sulfonamides is 1. The quantitative estimate of drug-likeness (QED) is 0.558. The predicted molar refractivity (Wildman–Crippen MR) is 110 cm³/mol. The van der Waals surface area contributed by atoms with Crippen molar-refractivity contribution in [3.05, 3.63) is 35.4 Å². The zero-order valence-electron chi connectivity index (χ0n) is 16.0. The van der Waals surface area contributed by atoms with Crippen LogP contribution in [0.1, 0.15) is 43.0 Å². The van der Waals surface area contributed by atoms with E-state index in [-0.39, 0.29) is 22.0 Å². The molecule has 1 amide bonds. The van der Waals surface area contributed by atoms with E-state index in [1.807, 2.05) is 4.90 Å². The van der Waals surface area contributed by atoms with Crippen molar-refractivity contribution in [2.45, 2.75) is 43.6 Å². The van der Waals surface area contributed by atoms with Crippen LogP contribution in [0.15, 0.2) is 34.1 Å². The minimum absolute atomic E-state index is 0.0492. The van der Waals surface area contributed by atoms with E-state index in [1.54, 1.807) is 0 Å². The zero-order chi connectivity index (χ0) is 21.2. The summed E-state index contributed by atoms with van der Waals surface area (Å²) in [5.41, 5.74) is 0.279. The third-order valence-corrected chi connectivity index (χ3v) is 6.38. The van der Waals surface area contributed by atoms with Crippen molar-refractivity contribution in [1.29, 1.82) is 0 Å². The zero-order valence-corrected chi connectivity index (χ0v) is 17.6. The number of esters is 1. The Kier molecular flexibility index (Phi) is 6.28. The smallest absolute Gasteiger partial charge is 0.340 e. The van der Waals surface area contributed by atoms with Crippen molar-refractivity contribution in [2.75, 3.05) is 18.0 Å². The monoisotopic (exact) mass is 439 g/mol. The molecule has 1 fully saturated rings. The van der Waals surface area contributed by atoms with E-state index in [1.165, 1.54) is 25.1 Å². The van der Waals surface area contributed by atoms with Crippen LogP contribution in [0.4, 0.5) is 5.69 Å². The molecule has 3 rings (SSSR count). The summed E-state index contributed by atoms with van der Waals surface area (Å²) < 4.78 is 34.5. The average Bonchev–Trinajstić information content (AvgIpc) is 2.90. The Morgan fingerprint density at radius 2 is 2.14 bits per heavy atom. The predicted octanol–water partition coefficient (Wildman–Crippen LogP) is 2.67. The lowest BCUT2D eigenvalue weighted by molar-refractivity contribution is -0.128. The summed E-state index contributed by atoms with van der Waals surface area (Å²) in [5, 5.41) is 2.57. The number of hydrogen-bond donors (Lipinski definition) is 1. The highest BCUT2D eigenvalue weighted by atomic mass is 35.5. The molecule has 2 aliphatic heterocycles. The van der Waals surface area contributed by atoms with Gasteiger partial charge in [0.25, 0.3) is 15.9 Å². The van der Waals surface area contributed by atoms with Crippen molar-refractivity contribution in [3.63, 3.8) is 0 Å². The Labute approximate surface area is 174 Å². The van der Waals surface area contributed by atoms with Gasteiger partial charge in [-0.3, -0.25) is 4.79 Å². The van der Waals surface area contributed by atoms with Crippen molar-refractivity contribution < 1.29 is 22.7 Å². The van der Waals surface area contributed by atoms with Gasteiger partial charge in [-0.05, 0) is 31.9 Å². The first-order valence-corrected chi connectivity index (χ1v) is 11.1. The molecular weight excluding hydrogens is 418 g/mol. The van der Waals surface area contributed by atoms with E-state index in [2.05, 4.69) is 16.3 Å². The molecule has 0 bridgehead atoms. The van der Waals surface area contributed by atoms with E-state index in [9.17, 15) is 18.0 Å². The average molecular weight is 440 g/mol. The third-order valence-electron chi connectivity index (χ3n) is 4.73. The molecular formula is C19H22ClN3O5S. The number of halogens is 1. The highest BCUT2D eigenvalue weighted by molar-refractivity contribution is 7.90. The summed E-state index contributed by atoms with van der Waals surface area (Å²) in [5.74, 6) is -0.896. The summed E-state index contributed by atoms with van der Waals surface area (Å²) in [7, 11) is -3.97. The molecule has 1 atom stereocenters. The van der Waals surface area contributed by atoms with Gasteiger partial charge in [-0.2, -0.15) is 8.42 Å². The highest BCUT2D eigenvalue weighted by Gasteiger charge is 2.34. The number of hydrogen-bond acceptors (Lipinski definition) is 6. The van der Waals surface area contributed by atoms with Gasteiger partial charge in [-0.1, -0.05) is 24.1 Å². The molecule has 0 aliphatic carbocycles. The Hall–Kier alpha value is -2.39. The molecule has 2 heterocycles. The van der Waals surface area contributed by atoms with Gasteiger partial charge in [0.2, 0.25) is 0 Å².